The van der Waals surface area contributed by atoms with Crippen molar-refractivity contribution in [2.75, 3.05) is 40.3 Å². The largest absolute Gasteiger partial charge is 0.679 e. The first-order chi connectivity index (χ1) is 6.74. The average Bonchev–Trinajstić information content (AvgIpc) is 2.22. The van der Waals surface area contributed by atoms with E-state index in [1.165, 1.54) is 7.11 Å². The Hall–Kier alpha value is -0.0831. The monoisotopic (exact) mass is 230 g/mol. The standard InChI is InChI=1S/C7H16F2O4Si/c1-3-11-14(10-2,12-6-4-8)13-7-5-9/h3-7H2,1-2H3. The maximum atomic E-state index is 11.9. The van der Waals surface area contributed by atoms with Crippen LogP contribution in [-0.2, 0) is 17.7 Å². The van der Waals surface area contributed by atoms with Crippen LogP contribution in [0.25, 0.3) is 0 Å². The number of hydrogen-bond donors (Lipinski definition) is 0. The Morgan fingerprint density at radius 1 is 1.00 bits per heavy atom. The first-order valence-electron chi connectivity index (χ1n) is 4.33. The third-order valence-corrected chi connectivity index (χ3v) is 3.54. The fourth-order valence-corrected chi connectivity index (χ4v) is 2.42. The zero-order chi connectivity index (χ0) is 10.9. The van der Waals surface area contributed by atoms with Crippen LogP contribution < -0.4 is 0 Å². The summed E-state index contributed by atoms with van der Waals surface area (Å²) >= 11 is 0. The molecule has 86 valence electrons. The van der Waals surface area contributed by atoms with Crippen LogP contribution in [0.5, 0.6) is 0 Å². The lowest BCUT2D eigenvalue weighted by atomic mass is 10.8. The highest BCUT2D eigenvalue weighted by atomic mass is 28.4. The van der Waals surface area contributed by atoms with Crippen molar-refractivity contribution >= 4 is 9.05 Å². The van der Waals surface area contributed by atoms with Gasteiger partial charge < -0.3 is 17.7 Å². The third-order valence-electron chi connectivity index (χ3n) is 1.28. The highest BCUT2D eigenvalue weighted by Gasteiger charge is 2.44. The van der Waals surface area contributed by atoms with E-state index >= 15 is 0 Å². The van der Waals surface area contributed by atoms with E-state index in [0.29, 0.717) is 6.61 Å². The van der Waals surface area contributed by atoms with Gasteiger partial charge in [-0.15, -0.1) is 0 Å². The molecule has 0 amide bonds. The Balaban J connectivity index is 4.11. The minimum absolute atomic E-state index is 0.174. The maximum absolute atomic E-state index is 11.9. The molecule has 14 heavy (non-hydrogen) atoms. The molecule has 0 aromatic carbocycles. The summed E-state index contributed by atoms with van der Waals surface area (Å²) in [6.45, 7) is 0.351. The minimum atomic E-state index is -3.29. The highest BCUT2D eigenvalue weighted by molar-refractivity contribution is 6.53. The van der Waals surface area contributed by atoms with Crippen LogP contribution in [-0.4, -0.2) is 49.3 Å². The van der Waals surface area contributed by atoms with Crippen LogP contribution in [0, 0.1) is 0 Å². The Kier molecular flexibility index (Phi) is 8.19. The predicted octanol–water partition coefficient (Wildman–Crippen LogP) is 1.08. The van der Waals surface area contributed by atoms with Gasteiger partial charge in [-0.1, -0.05) is 0 Å². The van der Waals surface area contributed by atoms with Gasteiger partial charge in [-0.3, -0.25) is 0 Å². The first kappa shape index (κ1) is 13.9. The van der Waals surface area contributed by atoms with Crippen LogP contribution >= 0.6 is 0 Å². The van der Waals surface area contributed by atoms with Crippen LogP contribution in [0.15, 0.2) is 0 Å². The van der Waals surface area contributed by atoms with E-state index in [4.69, 9.17) is 17.7 Å². The summed E-state index contributed by atoms with van der Waals surface area (Å²) in [5.74, 6) is 0. The van der Waals surface area contributed by atoms with Crippen molar-refractivity contribution in [2.45, 2.75) is 6.92 Å². The minimum Gasteiger partial charge on any atom is -0.355 e. The molecule has 0 saturated carbocycles. The second-order valence-electron chi connectivity index (χ2n) is 2.21. The van der Waals surface area contributed by atoms with Gasteiger partial charge in [-0.25, -0.2) is 8.78 Å². The molecule has 0 heterocycles. The maximum Gasteiger partial charge on any atom is 0.679 e. The summed E-state index contributed by atoms with van der Waals surface area (Å²) in [6.07, 6.45) is 0. The second kappa shape index (κ2) is 8.24. The van der Waals surface area contributed by atoms with Crippen molar-refractivity contribution in [1.82, 2.24) is 0 Å². The lowest BCUT2D eigenvalue weighted by molar-refractivity contribution is -0.0243. The van der Waals surface area contributed by atoms with Gasteiger partial charge in [0.05, 0.1) is 13.2 Å². The molecule has 0 spiro atoms. The van der Waals surface area contributed by atoms with Crippen molar-refractivity contribution in [3.63, 3.8) is 0 Å². The Morgan fingerprint density at radius 3 is 1.79 bits per heavy atom. The smallest absolute Gasteiger partial charge is 0.355 e. The molecule has 0 aliphatic carbocycles. The van der Waals surface area contributed by atoms with Crippen molar-refractivity contribution in [3.8, 4) is 0 Å². The molecule has 0 atom stereocenters. The molecular formula is C7H16F2O4Si. The molecule has 0 aliphatic rings. The number of hydrogen-bond acceptors (Lipinski definition) is 4. The summed E-state index contributed by atoms with van der Waals surface area (Å²) in [6, 6.07) is 0. The molecule has 0 aliphatic heterocycles. The van der Waals surface area contributed by atoms with Crippen molar-refractivity contribution in [3.05, 3.63) is 0 Å². The van der Waals surface area contributed by atoms with Crippen LogP contribution in [0.4, 0.5) is 8.78 Å². The molecule has 0 N–H and O–H groups in total. The summed E-state index contributed by atoms with van der Waals surface area (Å²) in [7, 11) is -1.96. The molecule has 0 radical (unpaired) electrons. The molecule has 0 unspecified atom stereocenters. The topological polar surface area (TPSA) is 36.9 Å². The van der Waals surface area contributed by atoms with Crippen LogP contribution in [0.2, 0.25) is 0 Å². The summed E-state index contributed by atoms with van der Waals surface area (Å²) in [5, 5.41) is 0. The van der Waals surface area contributed by atoms with E-state index in [9.17, 15) is 8.78 Å². The van der Waals surface area contributed by atoms with Gasteiger partial charge in [0.2, 0.25) is 0 Å². The van der Waals surface area contributed by atoms with Gasteiger partial charge in [0, 0.05) is 13.7 Å². The number of rotatable bonds is 9. The fraction of sp³-hybridized carbons (Fsp3) is 1.00. The van der Waals surface area contributed by atoms with Gasteiger partial charge >= 0.3 is 9.05 Å². The molecule has 0 bridgehead atoms. The molecular weight excluding hydrogens is 214 g/mol. The Labute approximate surface area is 83.6 Å². The Bertz CT molecular complexity index is 131. The molecule has 7 heteroatoms. The molecule has 0 aromatic rings. The van der Waals surface area contributed by atoms with Gasteiger partial charge in [0.25, 0.3) is 0 Å². The van der Waals surface area contributed by atoms with E-state index in [1.807, 2.05) is 0 Å². The normalized spacial score (nSPS) is 12.0. The van der Waals surface area contributed by atoms with Crippen LogP contribution in [0.3, 0.4) is 0 Å². The fourth-order valence-electron chi connectivity index (χ4n) is 0.806. The molecule has 0 fully saturated rings. The Morgan fingerprint density at radius 2 is 1.50 bits per heavy atom. The highest BCUT2D eigenvalue weighted by Crippen LogP contribution is 2.10. The quantitative estimate of drug-likeness (QED) is 0.555. The summed E-state index contributed by atoms with van der Waals surface area (Å²) < 4.78 is 43.8. The van der Waals surface area contributed by atoms with Crippen molar-refractivity contribution < 1.29 is 26.5 Å². The predicted molar refractivity (Wildman–Crippen MR) is 48.2 cm³/mol. The molecule has 0 saturated heterocycles. The van der Waals surface area contributed by atoms with E-state index in [1.54, 1.807) is 6.92 Å². The first-order valence-corrected chi connectivity index (χ1v) is 5.97. The lowest BCUT2D eigenvalue weighted by Crippen LogP contribution is -2.49. The zero-order valence-corrected chi connectivity index (χ0v) is 9.42. The van der Waals surface area contributed by atoms with Gasteiger partial charge in [0.1, 0.15) is 13.3 Å². The van der Waals surface area contributed by atoms with E-state index in [0.717, 1.165) is 0 Å². The van der Waals surface area contributed by atoms with Crippen LogP contribution in [0.1, 0.15) is 6.92 Å². The molecule has 0 aromatic heterocycles. The number of halogens is 2. The van der Waals surface area contributed by atoms with Gasteiger partial charge in [-0.2, -0.15) is 0 Å². The SMILES string of the molecule is CCO[Si](OC)(OCCF)OCCF. The second-order valence-corrected chi connectivity index (χ2v) is 4.49. The molecule has 4 nitrogen and oxygen atoms in total. The zero-order valence-electron chi connectivity index (χ0n) is 8.42. The summed E-state index contributed by atoms with van der Waals surface area (Å²) in [4.78, 5) is 0. The van der Waals surface area contributed by atoms with Gasteiger partial charge in [-0.05, 0) is 6.92 Å². The summed E-state index contributed by atoms with van der Waals surface area (Å²) in [5.41, 5.74) is 0. The average molecular weight is 230 g/mol. The van der Waals surface area contributed by atoms with E-state index in [2.05, 4.69) is 0 Å². The van der Waals surface area contributed by atoms with Gasteiger partial charge in [0.15, 0.2) is 0 Å². The lowest BCUT2D eigenvalue weighted by Gasteiger charge is -2.25. The number of alkyl halides is 2. The van der Waals surface area contributed by atoms with E-state index < -0.39 is 22.4 Å². The third kappa shape index (κ3) is 4.96. The molecule has 0 rings (SSSR count). The van der Waals surface area contributed by atoms with Crippen molar-refractivity contribution in [1.29, 1.82) is 0 Å². The van der Waals surface area contributed by atoms with Crippen molar-refractivity contribution in [2.24, 2.45) is 0 Å². The van der Waals surface area contributed by atoms with E-state index in [-0.39, 0.29) is 13.2 Å².